The number of urea groups is 1. The maximum Gasteiger partial charge on any atom is 0.416 e. The molecule has 0 fully saturated rings. The van der Waals surface area contributed by atoms with Gasteiger partial charge in [-0.25, -0.2) is 9.59 Å². The number of alkyl halides is 3. The zero-order valence-electron chi connectivity index (χ0n) is 15.0. The van der Waals surface area contributed by atoms with Crippen LogP contribution in [0.5, 0.6) is 0 Å². The third-order valence-electron chi connectivity index (χ3n) is 4.47. The Balaban J connectivity index is 2.11. The van der Waals surface area contributed by atoms with E-state index in [1.165, 1.54) is 41.4 Å². The van der Waals surface area contributed by atoms with Crippen LogP contribution in [-0.4, -0.2) is 24.0 Å². The lowest BCUT2D eigenvalue weighted by Crippen LogP contribution is -2.47. The number of benzene rings is 1. The molecule has 1 atom stereocenters. The minimum Gasteiger partial charge on any atom is -0.466 e. The molecule has 2 amide bonds. The highest BCUT2D eigenvalue weighted by atomic mass is 32.1. The Hall–Kier alpha value is -2.81. The highest BCUT2D eigenvalue weighted by Gasteiger charge is 2.41. The first kappa shape index (κ1) is 19.9. The van der Waals surface area contributed by atoms with E-state index in [1.54, 1.807) is 0 Å². The SMILES string of the molecule is COC(=O)C1=C(C)N(Cc2cccs2)C(=O)NC1c1ccccc1C(F)(F)F. The number of amides is 2. The Morgan fingerprint density at radius 2 is 1.96 bits per heavy atom. The summed E-state index contributed by atoms with van der Waals surface area (Å²) in [6, 6.07) is 6.66. The van der Waals surface area contributed by atoms with Crippen molar-refractivity contribution in [3.63, 3.8) is 0 Å². The highest BCUT2D eigenvalue weighted by Crippen LogP contribution is 2.39. The number of rotatable bonds is 4. The molecule has 0 saturated heterocycles. The number of halogens is 3. The van der Waals surface area contributed by atoms with Crippen LogP contribution in [0.1, 0.15) is 29.0 Å². The van der Waals surface area contributed by atoms with E-state index in [0.717, 1.165) is 18.1 Å². The fraction of sp³-hybridized carbons (Fsp3) is 0.263. The van der Waals surface area contributed by atoms with Crippen LogP contribution in [0.15, 0.2) is 53.0 Å². The quantitative estimate of drug-likeness (QED) is 0.756. The van der Waals surface area contributed by atoms with Gasteiger partial charge in [0.25, 0.3) is 0 Å². The van der Waals surface area contributed by atoms with Gasteiger partial charge in [0, 0.05) is 10.6 Å². The van der Waals surface area contributed by atoms with Crippen molar-refractivity contribution in [3.8, 4) is 0 Å². The Kier molecular flexibility index (Phi) is 5.46. The van der Waals surface area contributed by atoms with Gasteiger partial charge in [-0.15, -0.1) is 11.3 Å². The maximum absolute atomic E-state index is 13.5. The Morgan fingerprint density at radius 3 is 2.57 bits per heavy atom. The van der Waals surface area contributed by atoms with Gasteiger partial charge in [-0.05, 0) is 30.0 Å². The number of nitrogens with one attached hydrogen (secondary N) is 1. The van der Waals surface area contributed by atoms with Gasteiger partial charge in [-0.1, -0.05) is 24.3 Å². The summed E-state index contributed by atoms with van der Waals surface area (Å²) < 4.78 is 45.2. The van der Waals surface area contributed by atoms with Crippen LogP contribution in [0, 0.1) is 0 Å². The van der Waals surface area contributed by atoms with Crippen LogP contribution >= 0.6 is 11.3 Å². The predicted molar refractivity (Wildman–Crippen MR) is 97.3 cm³/mol. The topological polar surface area (TPSA) is 58.6 Å². The molecule has 1 aromatic heterocycles. The fourth-order valence-electron chi connectivity index (χ4n) is 3.14. The molecule has 0 radical (unpaired) electrons. The molecule has 1 aliphatic rings. The second kappa shape index (κ2) is 7.67. The number of allylic oxidation sites excluding steroid dienone is 1. The van der Waals surface area contributed by atoms with Crippen LogP contribution in [0.2, 0.25) is 0 Å². The van der Waals surface area contributed by atoms with Crippen LogP contribution < -0.4 is 5.32 Å². The highest BCUT2D eigenvalue weighted by molar-refractivity contribution is 7.09. The number of thiophene rings is 1. The van der Waals surface area contributed by atoms with Gasteiger partial charge in [0.1, 0.15) is 0 Å². The number of carbonyl (C=O) groups is 2. The van der Waals surface area contributed by atoms with Crippen LogP contribution in [0.25, 0.3) is 0 Å². The molecule has 9 heteroatoms. The summed E-state index contributed by atoms with van der Waals surface area (Å²) in [6.07, 6.45) is -4.63. The number of hydrogen-bond donors (Lipinski definition) is 1. The number of nitrogens with zero attached hydrogens (tertiary/aromatic N) is 1. The minimum absolute atomic E-state index is 0.0321. The van der Waals surface area contributed by atoms with Crippen LogP contribution in [0.4, 0.5) is 18.0 Å². The molecule has 1 unspecified atom stereocenters. The van der Waals surface area contributed by atoms with Gasteiger partial charge >= 0.3 is 18.2 Å². The van der Waals surface area contributed by atoms with Gasteiger partial charge in [0.15, 0.2) is 0 Å². The zero-order valence-corrected chi connectivity index (χ0v) is 15.9. The summed E-state index contributed by atoms with van der Waals surface area (Å²) in [5.41, 5.74) is -0.901. The molecule has 0 spiro atoms. The van der Waals surface area contributed by atoms with E-state index in [4.69, 9.17) is 4.74 Å². The molecule has 0 saturated carbocycles. The third kappa shape index (κ3) is 3.75. The van der Waals surface area contributed by atoms with E-state index in [0.29, 0.717) is 0 Å². The Labute approximate surface area is 163 Å². The molecule has 3 rings (SSSR count). The standard InChI is InChI=1S/C19H17F3N2O3S/c1-11-15(17(25)27-2)16(13-7-3-4-8-14(13)19(20,21)22)23-18(26)24(11)10-12-6-5-9-28-12/h3-9,16H,10H2,1-2H3,(H,23,26). The minimum atomic E-state index is -4.63. The first-order chi connectivity index (χ1) is 13.2. The molecular weight excluding hydrogens is 393 g/mol. The predicted octanol–water partition coefficient (Wildman–Crippen LogP) is 4.48. The molecule has 1 aliphatic heterocycles. The maximum atomic E-state index is 13.5. The van der Waals surface area contributed by atoms with Crippen molar-refractivity contribution in [2.24, 2.45) is 0 Å². The average molecular weight is 410 g/mol. The van der Waals surface area contributed by atoms with Gasteiger partial charge in [0.05, 0.1) is 30.8 Å². The first-order valence-electron chi connectivity index (χ1n) is 8.29. The molecule has 1 N–H and O–H groups in total. The summed E-state index contributed by atoms with van der Waals surface area (Å²) in [7, 11) is 1.15. The van der Waals surface area contributed by atoms with Crippen LogP contribution in [-0.2, 0) is 22.3 Å². The van der Waals surface area contributed by atoms with Crippen molar-refractivity contribution in [1.29, 1.82) is 0 Å². The molecule has 2 aromatic rings. The van der Waals surface area contributed by atoms with Crippen molar-refractivity contribution in [2.75, 3.05) is 7.11 Å². The molecule has 5 nitrogen and oxygen atoms in total. The van der Waals surface area contributed by atoms with E-state index in [2.05, 4.69) is 5.32 Å². The number of ether oxygens (including phenoxy) is 1. The fourth-order valence-corrected chi connectivity index (χ4v) is 3.84. The summed E-state index contributed by atoms with van der Waals surface area (Å²) in [5.74, 6) is -0.796. The summed E-state index contributed by atoms with van der Waals surface area (Å²) in [6.45, 7) is 1.73. The molecular formula is C19H17F3N2O3S. The zero-order chi connectivity index (χ0) is 20.5. The van der Waals surface area contributed by atoms with Gasteiger partial charge in [-0.2, -0.15) is 13.2 Å². The van der Waals surface area contributed by atoms with Crippen LogP contribution in [0.3, 0.4) is 0 Å². The smallest absolute Gasteiger partial charge is 0.416 e. The second-order valence-corrected chi connectivity index (χ2v) is 7.16. The van der Waals surface area contributed by atoms with E-state index in [1.807, 2.05) is 17.5 Å². The van der Waals surface area contributed by atoms with Gasteiger partial charge < -0.3 is 10.1 Å². The molecule has 2 heterocycles. The summed E-state index contributed by atoms with van der Waals surface area (Å²) in [5, 5.41) is 4.38. The molecule has 1 aromatic carbocycles. The lowest BCUT2D eigenvalue weighted by atomic mass is 9.91. The van der Waals surface area contributed by atoms with E-state index in [9.17, 15) is 22.8 Å². The molecule has 148 valence electrons. The molecule has 0 aliphatic carbocycles. The second-order valence-electron chi connectivity index (χ2n) is 6.12. The first-order valence-corrected chi connectivity index (χ1v) is 9.17. The third-order valence-corrected chi connectivity index (χ3v) is 5.33. The summed E-state index contributed by atoms with van der Waals surface area (Å²) >= 11 is 1.43. The number of methoxy groups -OCH3 is 1. The van der Waals surface area contributed by atoms with Gasteiger partial charge in [0.2, 0.25) is 0 Å². The van der Waals surface area contributed by atoms with E-state index < -0.39 is 29.8 Å². The lowest BCUT2D eigenvalue weighted by Gasteiger charge is -2.35. The number of carbonyl (C=O) groups excluding carboxylic acids is 2. The molecule has 28 heavy (non-hydrogen) atoms. The largest absolute Gasteiger partial charge is 0.466 e. The van der Waals surface area contributed by atoms with Crippen molar-refractivity contribution in [2.45, 2.75) is 25.7 Å². The van der Waals surface area contributed by atoms with E-state index >= 15 is 0 Å². The van der Waals surface area contributed by atoms with Crippen molar-refractivity contribution in [3.05, 3.63) is 69.1 Å². The van der Waals surface area contributed by atoms with E-state index in [-0.39, 0.29) is 23.4 Å². The normalized spacial score (nSPS) is 17.5. The lowest BCUT2D eigenvalue weighted by molar-refractivity contribution is -0.140. The van der Waals surface area contributed by atoms with Crippen molar-refractivity contribution in [1.82, 2.24) is 10.2 Å². The molecule has 0 bridgehead atoms. The summed E-state index contributed by atoms with van der Waals surface area (Å²) in [4.78, 5) is 27.3. The monoisotopic (exact) mass is 410 g/mol. The number of esters is 1. The van der Waals surface area contributed by atoms with Crippen molar-refractivity contribution < 1.29 is 27.5 Å². The number of hydrogen-bond acceptors (Lipinski definition) is 4. The Bertz CT molecular complexity index is 923. The Morgan fingerprint density at radius 1 is 1.25 bits per heavy atom. The van der Waals surface area contributed by atoms with Gasteiger partial charge in [-0.3, -0.25) is 4.90 Å². The average Bonchev–Trinajstić information content (AvgIpc) is 3.16. The van der Waals surface area contributed by atoms with Crippen molar-refractivity contribution >= 4 is 23.3 Å².